The molecule has 1 unspecified atom stereocenters. The molecule has 0 radical (unpaired) electrons. The molecule has 2 N–H and O–H groups in total. The SMILES string of the molecule is Cc1ccc2cccc(C(=O)NCC(O)c3ccccc3F)c2n1. The molecule has 3 rings (SSSR count). The van der Waals surface area contributed by atoms with Crippen molar-refractivity contribution in [1.82, 2.24) is 10.3 Å². The molecule has 0 saturated carbocycles. The number of nitrogens with zero attached hydrogens (tertiary/aromatic N) is 1. The van der Waals surface area contributed by atoms with Gasteiger partial charge in [0, 0.05) is 23.2 Å². The molecule has 1 heterocycles. The van der Waals surface area contributed by atoms with Crippen molar-refractivity contribution < 1.29 is 14.3 Å². The number of aliphatic hydroxyl groups excluding tert-OH is 1. The topological polar surface area (TPSA) is 62.2 Å². The van der Waals surface area contributed by atoms with Crippen molar-refractivity contribution in [2.45, 2.75) is 13.0 Å². The van der Waals surface area contributed by atoms with E-state index in [-0.39, 0.29) is 18.0 Å². The van der Waals surface area contributed by atoms with Gasteiger partial charge in [-0.15, -0.1) is 0 Å². The van der Waals surface area contributed by atoms with Crippen LogP contribution < -0.4 is 5.32 Å². The van der Waals surface area contributed by atoms with Crippen LogP contribution in [0.4, 0.5) is 4.39 Å². The van der Waals surface area contributed by atoms with E-state index in [0.717, 1.165) is 11.1 Å². The number of aryl methyl sites for hydroxylation is 1. The van der Waals surface area contributed by atoms with Crippen LogP contribution in [0.25, 0.3) is 10.9 Å². The standard InChI is InChI=1S/C19H17FN2O2/c1-12-9-10-13-5-4-7-15(18(13)22-12)19(24)21-11-17(23)14-6-2-3-8-16(14)20/h2-10,17,23H,11H2,1H3,(H,21,24). The lowest BCUT2D eigenvalue weighted by atomic mass is 10.1. The molecule has 1 atom stereocenters. The third kappa shape index (κ3) is 3.26. The quantitative estimate of drug-likeness (QED) is 0.775. The largest absolute Gasteiger partial charge is 0.386 e. The number of nitrogens with one attached hydrogen (secondary N) is 1. The minimum Gasteiger partial charge on any atom is -0.386 e. The van der Waals surface area contributed by atoms with Crippen LogP contribution in [0, 0.1) is 12.7 Å². The maximum absolute atomic E-state index is 13.7. The Morgan fingerprint density at radius 2 is 1.96 bits per heavy atom. The van der Waals surface area contributed by atoms with Crippen LogP contribution in [0.5, 0.6) is 0 Å². The summed E-state index contributed by atoms with van der Waals surface area (Å²) in [5, 5.41) is 13.6. The van der Waals surface area contributed by atoms with Gasteiger partial charge in [-0.05, 0) is 25.1 Å². The Labute approximate surface area is 139 Å². The maximum atomic E-state index is 13.7. The lowest BCUT2D eigenvalue weighted by Gasteiger charge is -2.13. The fourth-order valence-corrected chi connectivity index (χ4v) is 2.57. The van der Waals surface area contributed by atoms with Crippen molar-refractivity contribution in [3.8, 4) is 0 Å². The van der Waals surface area contributed by atoms with E-state index < -0.39 is 11.9 Å². The van der Waals surface area contributed by atoms with Crippen LogP contribution in [-0.2, 0) is 0 Å². The van der Waals surface area contributed by atoms with E-state index in [1.807, 2.05) is 25.1 Å². The van der Waals surface area contributed by atoms with Crippen LogP contribution in [0.3, 0.4) is 0 Å². The predicted octanol–water partition coefficient (Wildman–Crippen LogP) is 3.15. The highest BCUT2D eigenvalue weighted by Gasteiger charge is 2.16. The van der Waals surface area contributed by atoms with Crippen molar-refractivity contribution in [2.24, 2.45) is 0 Å². The van der Waals surface area contributed by atoms with E-state index >= 15 is 0 Å². The molecule has 0 spiro atoms. The second-order valence-electron chi connectivity index (χ2n) is 5.58. The zero-order chi connectivity index (χ0) is 17.1. The third-order valence-corrected chi connectivity index (χ3v) is 3.82. The van der Waals surface area contributed by atoms with Gasteiger partial charge in [0.1, 0.15) is 5.82 Å². The van der Waals surface area contributed by atoms with Crippen LogP contribution in [-0.4, -0.2) is 22.5 Å². The Hall–Kier alpha value is -2.79. The molecule has 5 heteroatoms. The smallest absolute Gasteiger partial charge is 0.253 e. The van der Waals surface area contributed by atoms with Gasteiger partial charge in [0.15, 0.2) is 0 Å². The Kier molecular flexibility index (Phi) is 4.53. The zero-order valence-electron chi connectivity index (χ0n) is 13.2. The maximum Gasteiger partial charge on any atom is 0.253 e. The fraction of sp³-hybridized carbons (Fsp3) is 0.158. The molecule has 0 aliphatic heterocycles. The Morgan fingerprint density at radius 1 is 1.17 bits per heavy atom. The molecule has 4 nitrogen and oxygen atoms in total. The van der Waals surface area contributed by atoms with Gasteiger partial charge in [-0.1, -0.05) is 36.4 Å². The highest BCUT2D eigenvalue weighted by atomic mass is 19.1. The summed E-state index contributed by atoms with van der Waals surface area (Å²) < 4.78 is 13.7. The number of benzene rings is 2. The summed E-state index contributed by atoms with van der Waals surface area (Å²) in [6, 6.07) is 15.1. The molecule has 0 saturated heterocycles. The Bertz CT molecular complexity index is 895. The number of amides is 1. The van der Waals surface area contributed by atoms with E-state index in [9.17, 15) is 14.3 Å². The summed E-state index contributed by atoms with van der Waals surface area (Å²) >= 11 is 0. The Balaban J connectivity index is 1.78. The molecular weight excluding hydrogens is 307 g/mol. The summed E-state index contributed by atoms with van der Waals surface area (Å²) in [5.41, 5.74) is 2.01. The highest BCUT2D eigenvalue weighted by molar-refractivity contribution is 6.05. The van der Waals surface area contributed by atoms with E-state index in [1.165, 1.54) is 12.1 Å². The van der Waals surface area contributed by atoms with Gasteiger partial charge in [0.25, 0.3) is 5.91 Å². The van der Waals surface area contributed by atoms with Crippen molar-refractivity contribution in [2.75, 3.05) is 6.54 Å². The summed E-state index contributed by atoms with van der Waals surface area (Å²) in [6.07, 6.45) is -1.11. The first kappa shape index (κ1) is 16.1. The third-order valence-electron chi connectivity index (χ3n) is 3.82. The fourth-order valence-electron chi connectivity index (χ4n) is 2.57. The average molecular weight is 324 g/mol. The predicted molar refractivity (Wildman–Crippen MR) is 90.2 cm³/mol. The summed E-state index contributed by atoms with van der Waals surface area (Å²) in [7, 11) is 0. The second-order valence-corrected chi connectivity index (χ2v) is 5.58. The summed E-state index contributed by atoms with van der Waals surface area (Å²) in [6.45, 7) is 1.78. The van der Waals surface area contributed by atoms with Gasteiger partial charge in [-0.25, -0.2) is 4.39 Å². The lowest BCUT2D eigenvalue weighted by molar-refractivity contribution is 0.0915. The molecule has 1 aromatic heterocycles. The van der Waals surface area contributed by atoms with Gasteiger partial charge < -0.3 is 10.4 Å². The van der Waals surface area contributed by atoms with Gasteiger partial charge >= 0.3 is 0 Å². The molecule has 1 amide bonds. The molecule has 0 bridgehead atoms. The van der Waals surface area contributed by atoms with Crippen molar-refractivity contribution in [1.29, 1.82) is 0 Å². The Morgan fingerprint density at radius 3 is 2.75 bits per heavy atom. The van der Waals surface area contributed by atoms with Gasteiger partial charge in [-0.3, -0.25) is 9.78 Å². The molecule has 0 fully saturated rings. The number of aromatic nitrogens is 1. The summed E-state index contributed by atoms with van der Waals surface area (Å²) in [4.78, 5) is 16.8. The molecule has 3 aromatic rings. The van der Waals surface area contributed by atoms with E-state index in [2.05, 4.69) is 10.3 Å². The highest BCUT2D eigenvalue weighted by Crippen LogP contribution is 2.18. The number of hydrogen-bond acceptors (Lipinski definition) is 3. The van der Waals surface area contributed by atoms with Crippen LogP contribution in [0.1, 0.15) is 27.7 Å². The van der Waals surface area contributed by atoms with Crippen LogP contribution >= 0.6 is 0 Å². The number of carbonyl (C=O) groups excluding carboxylic acids is 1. The van der Waals surface area contributed by atoms with E-state index in [1.54, 1.807) is 24.3 Å². The minimum atomic E-state index is -1.11. The zero-order valence-corrected chi connectivity index (χ0v) is 13.2. The van der Waals surface area contributed by atoms with E-state index in [4.69, 9.17) is 0 Å². The minimum absolute atomic E-state index is 0.0814. The number of fused-ring (bicyclic) bond motifs is 1. The second kappa shape index (κ2) is 6.76. The summed E-state index contributed by atoms with van der Waals surface area (Å²) in [5.74, 6) is -0.851. The van der Waals surface area contributed by atoms with Gasteiger partial charge in [0.2, 0.25) is 0 Å². The molecule has 122 valence electrons. The monoisotopic (exact) mass is 324 g/mol. The number of halogens is 1. The lowest BCUT2D eigenvalue weighted by Crippen LogP contribution is -2.29. The van der Waals surface area contributed by atoms with Gasteiger partial charge in [0.05, 0.1) is 17.2 Å². The molecule has 0 aliphatic carbocycles. The first-order chi connectivity index (χ1) is 11.6. The first-order valence-corrected chi connectivity index (χ1v) is 7.63. The number of pyridine rings is 1. The van der Waals surface area contributed by atoms with Gasteiger partial charge in [-0.2, -0.15) is 0 Å². The van der Waals surface area contributed by atoms with Crippen molar-refractivity contribution in [3.63, 3.8) is 0 Å². The number of para-hydroxylation sites is 1. The van der Waals surface area contributed by atoms with Crippen molar-refractivity contribution >= 4 is 16.8 Å². The first-order valence-electron chi connectivity index (χ1n) is 7.63. The molecule has 2 aromatic carbocycles. The van der Waals surface area contributed by atoms with Crippen molar-refractivity contribution in [3.05, 3.63) is 77.2 Å². The molecular formula is C19H17FN2O2. The normalized spacial score (nSPS) is 12.1. The van der Waals surface area contributed by atoms with Crippen LogP contribution in [0.15, 0.2) is 54.6 Å². The number of rotatable bonds is 4. The van der Waals surface area contributed by atoms with Crippen LogP contribution in [0.2, 0.25) is 0 Å². The molecule has 0 aliphatic rings. The number of carbonyl (C=O) groups is 1. The molecule has 24 heavy (non-hydrogen) atoms. The van der Waals surface area contributed by atoms with E-state index in [0.29, 0.717) is 11.1 Å². The number of aliphatic hydroxyl groups is 1. The average Bonchev–Trinajstić information content (AvgIpc) is 2.59. The number of hydrogen-bond donors (Lipinski definition) is 2.